The summed E-state index contributed by atoms with van der Waals surface area (Å²) in [7, 11) is -3.39. The van der Waals surface area contributed by atoms with Gasteiger partial charge in [0, 0.05) is 12.1 Å². The molecule has 0 radical (unpaired) electrons. The molecule has 0 saturated heterocycles. The number of nitrogens with one attached hydrogen (secondary N) is 2. The zero-order chi connectivity index (χ0) is 17.7. The van der Waals surface area contributed by atoms with Gasteiger partial charge in [-0.15, -0.1) is 0 Å². The van der Waals surface area contributed by atoms with Crippen LogP contribution in [0.1, 0.15) is 34.3 Å². The highest BCUT2D eigenvalue weighted by Crippen LogP contribution is 2.18. The molecule has 0 heterocycles. The molecule has 0 aliphatic rings. The topological polar surface area (TPSA) is 75.3 Å². The maximum Gasteiger partial charge on any atom is 0.251 e. The van der Waals surface area contributed by atoms with E-state index in [1.807, 2.05) is 37.3 Å². The summed E-state index contributed by atoms with van der Waals surface area (Å²) in [5.74, 6) is -0.0384. The van der Waals surface area contributed by atoms with Crippen LogP contribution in [0.3, 0.4) is 0 Å². The fourth-order valence-electron chi connectivity index (χ4n) is 2.32. The van der Waals surface area contributed by atoms with Crippen LogP contribution in [0, 0.1) is 6.92 Å². The van der Waals surface area contributed by atoms with Gasteiger partial charge in [0.2, 0.25) is 10.0 Å². The quantitative estimate of drug-likeness (QED) is 0.844. The standard InChI is InChI=1S/C18H22N2O3S/c1-13-9-10-16(11-17(13)20-24(3,22)23)18(21)19-12-14(2)15-7-5-4-6-8-15/h4-11,14,20H,12H2,1-3H3,(H,19,21). The van der Waals surface area contributed by atoms with Crippen molar-refractivity contribution in [2.24, 2.45) is 0 Å². The molecule has 2 rings (SSSR count). The highest BCUT2D eigenvalue weighted by atomic mass is 32.2. The molecule has 5 nitrogen and oxygen atoms in total. The van der Waals surface area contributed by atoms with Gasteiger partial charge in [0.05, 0.1) is 11.9 Å². The number of aryl methyl sites for hydroxylation is 1. The van der Waals surface area contributed by atoms with E-state index in [1.54, 1.807) is 25.1 Å². The molecule has 0 aliphatic carbocycles. The van der Waals surface area contributed by atoms with Gasteiger partial charge in [0.1, 0.15) is 0 Å². The monoisotopic (exact) mass is 346 g/mol. The highest BCUT2D eigenvalue weighted by Gasteiger charge is 2.12. The third-order valence-corrected chi connectivity index (χ3v) is 4.32. The van der Waals surface area contributed by atoms with Gasteiger partial charge in [-0.05, 0) is 36.1 Å². The van der Waals surface area contributed by atoms with Crippen LogP contribution in [-0.2, 0) is 10.0 Å². The predicted octanol–water partition coefficient (Wildman–Crippen LogP) is 2.90. The second-order valence-electron chi connectivity index (χ2n) is 5.93. The molecule has 0 spiro atoms. The molecular formula is C18H22N2O3S. The van der Waals surface area contributed by atoms with E-state index in [9.17, 15) is 13.2 Å². The number of amides is 1. The van der Waals surface area contributed by atoms with Crippen LogP contribution < -0.4 is 10.0 Å². The summed E-state index contributed by atoms with van der Waals surface area (Å²) in [5, 5.41) is 2.89. The second-order valence-corrected chi connectivity index (χ2v) is 7.67. The normalized spacial score (nSPS) is 12.5. The maximum atomic E-state index is 12.3. The first-order valence-electron chi connectivity index (χ1n) is 7.68. The Hall–Kier alpha value is -2.34. The predicted molar refractivity (Wildman–Crippen MR) is 96.8 cm³/mol. The number of carbonyl (C=O) groups is 1. The van der Waals surface area contributed by atoms with Crippen LogP contribution in [0.4, 0.5) is 5.69 Å². The smallest absolute Gasteiger partial charge is 0.251 e. The summed E-state index contributed by atoms with van der Waals surface area (Å²) in [6.45, 7) is 4.33. The largest absolute Gasteiger partial charge is 0.351 e. The molecule has 1 unspecified atom stereocenters. The van der Waals surface area contributed by atoms with E-state index < -0.39 is 10.0 Å². The number of rotatable bonds is 6. The summed E-state index contributed by atoms with van der Waals surface area (Å²) in [5.41, 5.74) is 2.75. The first-order valence-corrected chi connectivity index (χ1v) is 9.57. The summed E-state index contributed by atoms with van der Waals surface area (Å²) in [4.78, 5) is 12.3. The number of sulfonamides is 1. The van der Waals surface area contributed by atoms with Crippen LogP contribution in [0.15, 0.2) is 48.5 Å². The number of hydrogen-bond donors (Lipinski definition) is 2. The zero-order valence-corrected chi connectivity index (χ0v) is 14.9. The van der Waals surface area contributed by atoms with Gasteiger partial charge in [-0.2, -0.15) is 0 Å². The van der Waals surface area contributed by atoms with Crippen LogP contribution in [-0.4, -0.2) is 27.1 Å². The molecule has 2 aromatic carbocycles. The minimum Gasteiger partial charge on any atom is -0.351 e. The summed E-state index contributed by atoms with van der Waals surface area (Å²) in [6.07, 6.45) is 1.08. The lowest BCUT2D eigenvalue weighted by Crippen LogP contribution is -2.27. The minimum atomic E-state index is -3.39. The van der Waals surface area contributed by atoms with Crippen molar-refractivity contribution in [3.8, 4) is 0 Å². The molecule has 0 bridgehead atoms. The molecule has 2 aromatic rings. The molecule has 2 N–H and O–H groups in total. The third-order valence-electron chi connectivity index (χ3n) is 3.73. The average molecular weight is 346 g/mol. The van der Waals surface area contributed by atoms with E-state index in [0.29, 0.717) is 17.8 Å². The van der Waals surface area contributed by atoms with Gasteiger partial charge < -0.3 is 5.32 Å². The first kappa shape index (κ1) is 18.0. The molecule has 24 heavy (non-hydrogen) atoms. The van der Waals surface area contributed by atoms with Gasteiger partial charge in [0.25, 0.3) is 5.91 Å². The van der Waals surface area contributed by atoms with Gasteiger partial charge in [-0.1, -0.05) is 43.3 Å². The fraction of sp³-hybridized carbons (Fsp3) is 0.278. The average Bonchev–Trinajstić information content (AvgIpc) is 2.54. The Morgan fingerprint density at radius 3 is 2.42 bits per heavy atom. The lowest BCUT2D eigenvalue weighted by atomic mass is 10.0. The van der Waals surface area contributed by atoms with Crippen LogP contribution in [0.2, 0.25) is 0 Å². The molecule has 1 amide bonds. The third kappa shape index (κ3) is 5.09. The maximum absolute atomic E-state index is 12.3. The van der Waals surface area contributed by atoms with Crippen LogP contribution in [0.5, 0.6) is 0 Å². The van der Waals surface area contributed by atoms with E-state index >= 15 is 0 Å². The summed E-state index contributed by atoms with van der Waals surface area (Å²) < 4.78 is 25.2. The fourth-order valence-corrected chi connectivity index (χ4v) is 2.94. The zero-order valence-electron chi connectivity index (χ0n) is 14.0. The van der Waals surface area contributed by atoms with Crippen molar-refractivity contribution in [1.82, 2.24) is 5.32 Å². The molecule has 0 saturated carbocycles. The Morgan fingerprint density at radius 1 is 1.12 bits per heavy atom. The van der Waals surface area contributed by atoms with Crippen molar-refractivity contribution in [3.63, 3.8) is 0 Å². The first-order chi connectivity index (χ1) is 11.3. The molecule has 0 aromatic heterocycles. The van der Waals surface area contributed by atoms with Gasteiger partial charge in [-0.3, -0.25) is 9.52 Å². The Labute approximate surface area is 143 Å². The van der Waals surface area contributed by atoms with Gasteiger partial charge in [0.15, 0.2) is 0 Å². The molecular weight excluding hydrogens is 324 g/mol. The highest BCUT2D eigenvalue weighted by molar-refractivity contribution is 7.92. The molecule has 0 aliphatic heterocycles. The van der Waals surface area contributed by atoms with Crippen LogP contribution in [0.25, 0.3) is 0 Å². The Morgan fingerprint density at radius 2 is 1.79 bits per heavy atom. The Kier molecular flexibility index (Phi) is 5.62. The van der Waals surface area contributed by atoms with E-state index in [4.69, 9.17) is 0 Å². The lowest BCUT2D eigenvalue weighted by Gasteiger charge is -2.14. The Bertz CT molecular complexity index is 817. The second kappa shape index (κ2) is 7.49. The van der Waals surface area contributed by atoms with E-state index in [-0.39, 0.29) is 11.8 Å². The van der Waals surface area contributed by atoms with Crippen molar-refractivity contribution >= 4 is 21.6 Å². The lowest BCUT2D eigenvalue weighted by molar-refractivity contribution is 0.0951. The summed E-state index contributed by atoms with van der Waals surface area (Å²) >= 11 is 0. The van der Waals surface area contributed by atoms with Crippen molar-refractivity contribution in [1.29, 1.82) is 0 Å². The van der Waals surface area contributed by atoms with Crippen molar-refractivity contribution in [3.05, 3.63) is 65.2 Å². The molecule has 1 atom stereocenters. The van der Waals surface area contributed by atoms with Gasteiger partial charge in [-0.25, -0.2) is 8.42 Å². The summed E-state index contributed by atoms with van der Waals surface area (Å²) in [6, 6.07) is 14.9. The number of anilines is 1. The van der Waals surface area contributed by atoms with E-state index in [0.717, 1.165) is 17.4 Å². The van der Waals surface area contributed by atoms with Crippen LogP contribution >= 0.6 is 0 Å². The molecule has 0 fully saturated rings. The van der Waals surface area contributed by atoms with Crippen molar-refractivity contribution < 1.29 is 13.2 Å². The van der Waals surface area contributed by atoms with Crippen molar-refractivity contribution in [2.45, 2.75) is 19.8 Å². The molecule has 128 valence electrons. The Balaban J connectivity index is 2.06. The van der Waals surface area contributed by atoms with Gasteiger partial charge >= 0.3 is 0 Å². The van der Waals surface area contributed by atoms with Crippen molar-refractivity contribution in [2.75, 3.05) is 17.5 Å². The molecule has 6 heteroatoms. The van der Waals surface area contributed by atoms with E-state index in [2.05, 4.69) is 10.0 Å². The number of carbonyl (C=O) groups excluding carboxylic acids is 1. The minimum absolute atomic E-state index is 0.189. The SMILES string of the molecule is Cc1ccc(C(=O)NCC(C)c2ccccc2)cc1NS(C)(=O)=O. The van der Waals surface area contributed by atoms with E-state index in [1.165, 1.54) is 0 Å². The number of hydrogen-bond acceptors (Lipinski definition) is 3. The number of benzene rings is 2.